The van der Waals surface area contributed by atoms with E-state index in [4.69, 9.17) is 0 Å². The molecule has 2 nitrogen and oxygen atoms in total. The highest BCUT2D eigenvalue weighted by Gasteiger charge is 2.23. The van der Waals surface area contributed by atoms with E-state index in [9.17, 15) is 0 Å². The van der Waals surface area contributed by atoms with Gasteiger partial charge in [-0.05, 0) is 49.3 Å². The Labute approximate surface area is 137 Å². The van der Waals surface area contributed by atoms with Crippen LogP contribution in [-0.2, 0) is 6.54 Å². The average molecular weight is 351 g/mol. The number of hydrogen-bond donors (Lipinski definition) is 1. The van der Waals surface area contributed by atoms with E-state index in [-0.39, 0.29) is 0 Å². The molecule has 0 saturated heterocycles. The molecule has 1 aromatic carbocycles. The lowest BCUT2D eigenvalue weighted by Gasteiger charge is -2.35. The molecule has 0 spiro atoms. The lowest BCUT2D eigenvalue weighted by atomic mass is 9.86. The summed E-state index contributed by atoms with van der Waals surface area (Å²) in [7, 11) is 2.26. The van der Waals surface area contributed by atoms with Crippen molar-refractivity contribution in [3.63, 3.8) is 0 Å². The molecule has 2 fully saturated rings. The summed E-state index contributed by atoms with van der Waals surface area (Å²) in [4.78, 5) is 2.48. The van der Waals surface area contributed by atoms with Crippen molar-refractivity contribution >= 4 is 21.6 Å². The van der Waals surface area contributed by atoms with Gasteiger partial charge in [0.1, 0.15) is 0 Å². The highest BCUT2D eigenvalue weighted by Crippen LogP contribution is 2.31. The van der Waals surface area contributed by atoms with Crippen molar-refractivity contribution in [2.75, 3.05) is 11.9 Å². The second-order valence-electron chi connectivity index (χ2n) is 6.97. The quantitative estimate of drug-likeness (QED) is 0.826. The van der Waals surface area contributed by atoms with E-state index >= 15 is 0 Å². The summed E-state index contributed by atoms with van der Waals surface area (Å²) in [6, 6.07) is 8.33. The monoisotopic (exact) mass is 350 g/mol. The summed E-state index contributed by atoms with van der Waals surface area (Å²) in [5.41, 5.74) is 2.72. The molecule has 21 heavy (non-hydrogen) atoms. The number of halogens is 1. The molecule has 3 rings (SSSR count). The molecule has 2 atom stereocenters. The second kappa shape index (κ2) is 6.70. The number of anilines is 1. The van der Waals surface area contributed by atoms with Gasteiger partial charge in [0, 0.05) is 35.8 Å². The minimum Gasteiger partial charge on any atom is -0.372 e. The standard InChI is InChI=1S/C18H27BrN2/c1-13-4-3-5-16(10-13)21(2)17-9-6-14(18(19)11-17)12-20-15-7-8-15/h6,9,11,13,15-16,20H,3-5,7-8,10,12H2,1-2H3. The lowest BCUT2D eigenvalue weighted by Crippen LogP contribution is -2.35. The number of nitrogens with one attached hydrogen (secondary N) is 1. The summed E-state index contributed by atoms with van der Waals surface area (Å²) in [5.74, 6) is 0.872. The number of benzene rings is 1. The zero-order chi connectivity index (χ0) is 14.8. The van der Waals surface area contributed by atoms with E-state index < -0.39 is 0 Å². The molecule has 1 aromatic rings. The molecule has 0 aliphatic heterocycles. The molecular weight excluding hydrogens is 324 g/mol. The normalized spacial score (nSPS) is 25.9. The maximum atomic E-state index is 3.76. The number of nitrogens with zero attached hydrogens (tertiary/aromatic N) is 1. The summed E-state index contributed by atoms with van der Waals surface area (Å²) >= 11 is 3.76. The Kier molecular flexibility index (Phi) is 4.90. The van der Waals surface area contributed by atoms with Crippen LogP contribution in [0.3, 0.4) is 0 Å². The van der Waals surface area contributed by atoms with Crippen LogP contribution in [0.5, 0.6) is 0 Å². The first-order valence-corrected chi connectivity index (χ1v) is 9.17. The predicted octanol–water partition coefficient (Wildman–Crippen LogP) is 4.72. The van der Waals surface area contributed by atoms with Gasteiger partial charge in [-0.2, -0.15) is 0 Å². The zero-order valence-electron chi connectivity index (χ0n) is 13.2. The Bertz CT molecular complexity index is 484. The van der Waals surface area contributed by atoms with Crippen LogP contribution in [0, 0.1) is 5.92 Å². The van der Waals surface area contributed by atoms with Gasteiger partial charge in [0.25, 0.3) is 0 Å². The van der Waals surface area contributed by atoms with Gasteiger partial charge in [0.2, 0.25) is 0 Å². The molecule has 1 N–H and O–H groups in total. The first-order valence-electron chi connectivity index (χ1n) is 8.38. The summed E-state index contributed by atoms with van der Waals surface area (Å²) in [6.07, 6.45) is 8.14. The van der Waals surface area contributed by atoms with Crippen molar-refractivity contribution in [2.24, 2.45) is 5.92 Å². The molecule has 3 heteroatoms. The first kappa shape index (κ1) is 15.4. The van der Waals surface area contributed by atoms with Crippen LogP contribution < -0.4 is 10.2 Å². The number of hydrogen-bond acceptors (Lipinski definition) is 2. The minimum absolute atomic E-state index is 0.705. The molecule has 2 aliphatic rings. The molecule has 116 valence electrons. The molecule has 2 saturated carbocycles. The Balaban J connectivity index is 1.65. The van der Waals surface area contributed by atoms with Gasteiger partial charge in [-0.25, -0.2) is 0 Å². The fraction of sp³-hybridized carbons (Fsp3) is 0.667. The van der Waals surface area contributed by atoms with Crippen LogP contribution in [0.25, 0.3) is 0 Å². The van der Waals surface area contributed by atoms with E-state index in [1.807, 2.05) is 0 Å². The fourth-order valence-corrected chi connectivity index (χ4v) is 3.91. The summed E-state index contributed by atoms with van der Waals surface area (Å²) in [6.45, 7) is 3.37. The van der Waals surface area contributed by atoms with Crippen molar-refractivity contribution in [3.8, 4) is 0 Å². The fourth-order valence-electron chi connectivity index (χ4n) is 3.41. The van der Waals surface area contributed by atoms with E-state index in [1.54, 1.807) is 0 Å². The molecule has 2 unspecified atom stereocenters. The zero-order valence-corrected chi connectivity index (χ0v) is 14.8. The largest absolute Gasteiger partial charge is 0.372 e. The van der Waals surface area contributed by atoms with Gasteiger partial charge in [0.15, 0.2) is 0 Å². The van der Waals surface area contributed by atoms with Gasteiger partial charge in [-0.15, -0.1) is 0 Å². The van der Waals surface area contributed by atoms with Crippen LogP contribution in [0.2, 0.25) is 0 Å². The first-order chi connectivity index (χ1) is 10.1. The van der Waals surface area contributed by atoms with E-state index in [0.29, 0.717) is 6.04 Å². The maximum absolute atomic E-state index is 3.76. The van der Waals surface area contributed by atoms with E-state index in [1.165, 1.54) is 54.2 Å². The minimum atomic E-state index is 0.705. The van der Waals surface area contributed by atoms with Crippen molar-refractivity contribution in [2.45, 2.75) is 64.1 Å². The van der Waals surface area contributed by atoms with Crippen molar-refractivity contribution in [3.05, 3.63) is 28.2 Å². The van der Waals surface area contributed by atoms with Crippen LogP contribution >= 0.6 is 15.9 Å². The molecule has 2 aliphatic carbocycles. The van der Waals surface area contributed by atoms with Crippen LogP contribution in [0.15, 0.2) is 22.7 Å². The van der Waals surface area contributed by atoms with Gasteiger partial charge >= 0.3 is 0 Å². The van der Waals surface area contributed by atoms with Crippen molar-refractivity contribution < 1.29 is 0 Å². The van der Waals surface area contributed by atoms with Gasteiger partial charge in [-0.3, -0.25) is 0 Å². The van der Waals surface area contributed by atoms with Crippen LogP contribution in [-0.4, -0.2) is 19.1 Å². The molecule has 0 bridgehead atoms. The van der Waals surface area contributed by atoms with Crippen molar-refractivity contribution in [1.29, 1.82) is 0 Å². The molecule has 0 amide bonds. The summed E-state index contributed by atoms with van der Waals surface area (Å²) < 4.78 is 1.24. The van der Waals surface area contributed by atoms with Gasteiger partial charge < -0.3 is 10.2 Å². The van der Waals surface area contributed by atoms with Crippen LogP contribution in [0.1, 0.15) is 51.0 Å². The van der Waals surface area contributed by atoms with E-state index in [2.05, 4.69) is 58.3 Å². The molecule has 0 heterocycles. The predicted molar refractivity (Wildman–Crippen MR) is 93.8 cm³/mol. The van der Waals surface area contributed by atoms with Crippen LogP contribution in [0.4, 0.5) is 5.69 Å². The molecular formula is C18H27BrN2. The third-order valence-corrected chi connectivity index (χ3v) is 5.80. The highest BCUT2D eigenvalue weighted by molar-refractivity contribution is 9.10. The summed E-state index contributed by atoms with van der Waals surface area (Å²) in [5, 5.41) is 3.59. The van der Waals surface area contributed by atoms with Gasteiger partial charge in [-0.1, -0.05) is 41.8 Å². The molecule has 0 radical (unpaired) electrons. The SMILES string of the molecule is CC1CCCC(N(C)c2ccc(CNC3CC3)c(Br)c2)C1. The second-order valence-corrected chi connectivity index (χ2v) is 7.82. The topological polar surface area (TPSA) is 15.3 Å². The maximum Gasteiger partial charge on any atom is 0.0377 e. The Morgan fingerprint density at radius 3 is 2.71 bits per heavy atom. The Morgan fingerprint density at radius 2 is 2.05 bits per heavy atom. The molecule has 0 aromatic heterocycles. The van der Waals surface area contributed by atoms with E-state index in [0.717, 1.165) is 18.5 Å². The highest BCUT2D eigenvalue weighted by atomic mass is 79.9. The average Bonchev–Trinajstić information content (AvgIpc) is 3.29. The van der Waals surface area contributed by atoms with Gasteiger partial charge in [0.05, 0.1) is 0 Å². The lowest BCUT2D eigenvalue weighted by molar-refractivity contribution is 0.336. The smallest absolute Gasteiger partial charge is 0.0377 e. The Hall–Kier alpha value is -0.540. The number of rotatable bonds is 5. The third-order valence-electron chi connectivity index (χ3n) is 5.06. The third kappa shape index (κ3) is 4.01. The Morgan fingerprint density at radius 1 is 1.24 bits per heavy atom. The van der Waals surface area contributed by atoms with Crippen molar-refractivity contribution in [1.82, 2.24) is 5.32 Å².